The summed E-state index contributed by atoms with van der Waals surface area (Å²) in [6, 6.07) is 12.8. The molecule has 1 N–H and O–H groups in total. The number of hydrogen-bond acceptors (Lipinski definition) is 4. The number of nitrogens with one attached hydrogen (secondary N) is 1. The van der Waals surface area contributed by atoms with Gasteiger partial charge in [0.2, 0.25) is 0 Å². The molecular formula is C16H22N4. The predicted molar refractivity (Wildman–Crippen MR) is 84.1 cm³/mol. The van der Waals surface area contributed by atoms with E-state index in [1.54, 1.807) is 0 Å². The van der Waals surface area contributed by atoms with E-state index in [9.17, 15) is 0 Å². The van der Waals surface area contributed by atoms with Crippen LogP contribution in [0.5, 0.6) is 0 Å². The van der Waals surface area contributed by atoms with Crippen LogP contribution in [0.1, 0.15) is 25.2 Å². The lowest BCUT2D eigenvalue weighted by Crippen LogP contribution is -2.31. The van der Waals surface area contributed by atoms with Crippen LogP contribution in [-0.4, -0.2) is 23.1 Å². The predicted octanol–water partition coefficient (Wildman–Crippen LogP) is 3.24. The van der Waals surface area contributed by atoms with Crippen molar-refractivity contribution < 1.29 is 0 Å². The molecule has 0 spiro atoms. The molecule has 0 aliphatic heterocycles. The summed E-state index contributed by atoms with van der Waals surface area (Å²) in [6.07, 6.45) is 0. The van der Waals surface area contributed by atoms with Crippen LogP contribution in [0.2, 0.25) is 0 Å². The zero-order valence-electron chi connectivity index (χ0n) is 12.6. The summed E-state index contributed by atoms with van der Waals surface area (Å²) in [4.78, 5) is 11.2. The van der Waals surface area contributed by atoms with Gasteiger partial charge in [-0.1, -0.05) is 30.3 Å². The fourth-order valence-electron chi connectivity index (χ4n) is 2.14. The van der Waals surface area contributed by atoms with Crippen LogP contribution in [0.15, 0.2) is 36.4 Å². The van der Waals surface area contributed by atoms with E-state index in [0.29, 0.717) is 6.04 Å². The molecule has 0 amide bonds. The maximum Gasteiger partial charge on any atom is 0.134 e. The molecule has 4 nitrogen and oxygen atoms in total. The number of aromatic nitrogens is 2. The largest absolute Gasteiger partial charge is 0.373 e. The Morgan fingerprint density at radius 2 is 1.85 bits per heavy atom. The third-order valence-corrected chi connectivity index (χ3v) is 3.19. The van der Waals surface area contributed by atoms with Gasteiger partial charge in [-0.3, -0.25) is 0 Å². The summed E-state index contributed by atoms with van der Waals surface area (Å²) in [5.41, 5.74) is 1.28. The van der Waals surface area contributed by atoms with Gasteiger partial charge < -0.3 is 10.2 Å². The smallest absolute Gasteiger partial charge is 0.134 e. The Morgan fingerprint density at radius 3 is 2.45 bits per heavy atom. The standard InChI is InChI=1S/C16H22N4/c1-12(2)20(11-14-8-6-5-7-9-14)16-10-15(17-4)18-13(3)19-16/h5-10,12H,11H2,1-4H3,(H,17,18,19). The number of rotatable bonds is 5. The molecule has 4 heteroatoms. The molecule has 0 radical (unpaired) electrons. The van der Waals surface area contributed by atoms with Gasteiger partial charge in [-0.2, -0.15) is 0 Å². The van der Waals surface area contributed by atoms with Crippen LogP contribution in [-0.2, 0) is 6.54 Å². The minimum absolute atomic E-state index is 0.370. The Bertz CT molecular complexity index is 552. The van der Waals surface area contributed by atoms with Crippen LogP contribution >= 0.6 is 0 Å². The fourth-order valence-corrected chi connectivity index (χ4v) is 2.14. The summed E-state index contributed by atoms with van der Waals surface area (Å²) in [5, 5.41) is 3.09. The van der Waals surface area contributed by atoms with Gasteiger partial charge in [0.1, 0.15) is 17.5 Å². The lowest BCUT2D eigenvalue weighted by Gasteiger charge is -2.28. The van der Waals surface area contributed by atoms with E-state index in [1.165, 1.54) is 5.56 Å². The summed E-state index contributed by atoms with van der Waals surface area (Å²) in [6.45, 7) is 7.13. The number of hydrogen-bond donors (Lipinski definition) is 1. The number of anilines is 2. The highest BCUT2D eigenvalue weighted by Gasteiger charge is 2.14. The molecule has 0 saturated carbocycles. The highest BCUT2D eigenvalue weighted by molar-refractivity contribution is 5.50. The second-order valence-corrected chi connectivity index (χ2v) is 5.12. The molecule has 2 rings (SSSR count). The molecule has 0 atom stereocenters. The molecule has 2 aromatic rings. The molecule has 0 bridgehead atoms. The number of benzene rings is 1. The van der Waals surface area contributed by atoms with Crippen LogP contribution < -0.4 is 10.2 Å². The first kappa shape index (κ1) is 14.3. The van der Waals surface area contributed by atoms with Crippen LogP contribution in [0.4, 0.5) is 11.6 Å². The molecule has 1 heterocycles. The minimum Gasteiger partial charge on any atom is -0.373 e. The second kappa shape index (κ2) is 6.37. The summed E-state index contributed by atoms with van der Waals surface area (Å²) in [7, 11) is 1.88. The Morgan fingerprint density at radius 1 is 1.15 bits per heavy atom. The third-order valence-electron chi connectivity index (χ3n) is 3.19. The molecule has 1 aromatic heterocycles. The summed E-state index contributed by atoms with van der Waals surface area (Å²) < 4.78 is 0. The van der Waals surface area contributed by atoms with Crippen LogP contribution in [0.3, 0.4) is 0 Å². The highest BCUT2D eigenvalue weighted by Crippen LogP contribution is 2.20. The van der Waals surface area contributed by atoms with Gasteiger partial charge in [0.15, 0.2) is 0 Å². The molecule has 0 aliphatic rings. The zero-order valence-corrected chi connectivity index (χ0v) is 12.6. The SMILES string of the molecule is CNc1cc(N(Cc2ccccc2)C(C)C)nc(C)n1. The average Bonchev–Trinajstić information content (AvgIpc) is 2.44. The molecular weight excluding hydrogens is 248 g/mol. The van der Waals surface area contributed by atoms with E-state index in [2.05, 4.69) is 58.3 Å². The molecule has 1 aromatic carbocycles. The summed E-state index contributed by atoms with van der Waals surface area (Å²) in [5.74, 6) is 2.59. The Kier molecular flexibility index (Phi) is 4.56. The first-order valence-corrected chi connectivity index (χ1v) is 6.94. The van der Waals surface area contributed by atoms with E-state index in [4.69, 9.17) is 0 Å². The van der Waals surface area contributed by atoms with E-state index in [0.717, 1.165) is 24.0 Å². The van der Waals surface area contributed by atoms with Gasteiger partial charge in [0.25, 0.3) is 0 Å². The lowest BCUT2D eigenvalue weighted by atomic mass is 10.2. The van der Waals surface area contributed by atoms with Crippen molar-refractivity contribution in [3.8, 4) is 0 Å². The van der Waals surface area contributed by atoms with E-state index in [1.807, 2.05) is 26.1 Å². The molecule has 0 unspecified atom stereocenters. The maximum atomic E-state index is 4.57. The first-order chi connectivity index (χ1) is 9.60. The van der Waals surface area contributed by atoms with E-state index >= 15 is 0 Å². The molecule has 0 saturated heterocycles. The lowest BCUT2D eigenvalue weighted by molar-refractivity contribution is 0.670. The molecule has 106 valence electrons. The van der Waals surface area contributed by atoms with Gasteiger partial charge in [-0.25, -0.2) is 9.97 Å². The zero-order chi connectivity index (χ0) is 14.5. The third kappa shape index (κ3) is 3.47. The Labute approximate surface area is 120 Å². The van der Waals surface area contributed by atoms with Crippen molar-refractivity contribution in [1.29, 1.82) is 0 Å². The normalized spacial score (nSPS) is 10.7. The Hall–Kier alpha value is -2.10. The molecule has 0 aliphatic carbocycles. The average molecular weight is 270 g/mol. The maximum absolute atomic E-state index is 4.57. The topological polar surface area (TPSA) is 41.0 Å². The second-order valence-electron chi connectivity index (χ2n) is 5.12. The van der Waals surface area contributed by atoms with Crippen molar-refractivity contribution >= 4 is 11.6 Å². The van der Waals surface area contributed by atoms with Crippen molar-refractivity contribution in [1.82, 2.24) is 9.97 Å². The van der Waals surface area contributed by atoms with E-state index in [-0.39, 0.29) is 0 Å². The van der Waals surface area contributed by atoms with Gasteiger partial charge in [-0.05, 0) is 26.3 Å². The van der Waals surface area contributed by atoms with Crippen molar-refractivity contribution in [3.05, 3.63) is 47.8 Å². The summed E-state index contributed by atoms with van der Waals surface area (Å²) >= 11 is 0. The Balaban J connectivity index is 2.31. The van der Waals surface area contributed by atoms with Gasteiger partial charge in [-0.15, -0.1) is 0 Å². The molecule has 0 fully saturated rings. The van der Waals surface area contributed by atoms with Crippen molar-refractivity contribution in [2.75, 3.05) is 17.3 Å². The fraction of sp³-hybridized carbons (Fsp3) is 0.375. The van der Waals surface area contributed by atoms with Crippen molar-refractivity contribution in [2.24, 2.45) is 0 Å². The van der Waals surface area contributed by atoms with Crippen LogP contribution in [0, 0.1) is 6.92 Å². The number of aryl methyl sites for hydroxylation is 1. The highest BCUT2D eigenvalue weighted by atomic mass is 15.2. The number of nitrogens with zero attached hydrogens (tertiary/aromatic N) is 3. The van der Waals surface area contributed by atoms with E-state index < -0.39 is 0 Å². The van der Waals surface area contributed by atoms with Crippen molar-refractivity contribution in [2.45, 2.75) is 33.4 Å². The first-order valence-electron chi connectivity index (χ1n) is 6.94. The molecule has 20 heavy (non-hydrogen) atoms. The minimum atomic E-state index is 0.370. The van der Waals surface area contributed by atoms with Gasteiger partial charge in [0, 0.05) is 25.7 Å². The van der Waals surface area contributed by atoms with Gasteiger partial charge in [0.05, 0.1) is 0 Å². The quantitative estimate of drug-likeness (QED) is 0.905. The van der Waals surface area contributed by atoms with Crippen LogP contribution in [0.25, 0.3) is 0 Å². The van der Waals surface area contributed by atoms with Gasteiger partial charge >= 0.3 is 0 Å². The van der Waals surface area contributed by atoms with Crippen molar-refractivity contribution in [3.63, 3.8) is 0 Å². The monoisotopic (exact) mass is 270 g/mol.